The topological polar surface area (TPSA) is 322 Å². The third-order valence-electron chi connectivity index (χ3n) is 14.0. The number of aromatic nitrogens is 9. The van der Waals surface area contributed by atoms with Crippen LogP contribution in [0, 0.1) is 34.1 Å². The molecule has 9 aromatic rings. The molecule has 7 aromatic heterocycles. The van der Waals surface area contributed by atoms with E-state index in [1.165, 1.54) is 24.4 Å². The quantitative estimate of drug-likeness (QED) is 0.0261. The van der Waals surface area contributed by atoms with Crippen LogP contribution in [0.1, 0.15) is 47.2 Å². The molecule has 0 aliphatic rings. The largest absolute Gasteiger partial charge is 0.397 e. The van der Waals surface area contributed by atoms with E-state index in [-0.39, 0.29) is 40.5 Å². The fourth-order valence-corrected chi connectivity index (χ4v) is 9.12. The summed E-state index contributed by atoms with van der Waals surface area (Å²) in [6.45, 7) is 11.6. The molecule has 7 heterocycles. The second-order valence-electron chi connectivity index (χ2n) is 22.0. The Hall–Kier alpha value is -9.29. The van der Waals surface area contributed by atoms with Crippen molar-refractivity contribution < 1.29 is 38.4 Å². The number of hydrogen-bond acceptors (Lipinski definition) is 23. The Kier molecular flexibility index (Phi) is 39.2. The molecule has 4 N–H and O–H groups in total. The van der Waals surface area contributed by atoms with E-state index >= 15 is 0 Å². The lowest BCUT2D eigenvalue weighted by Gasteiger charge is -2.17. The number of ether oxygens (including phenoxy) is 4. The van der Waals surface area contributed by atoms with Gasteiger partial charge in [0.2, 0.25) is 0 Å². The number of halogens is 4. The first-order valence-corrected chi connectivity index (χ1v) is 32.1. The van der Waals surface area contributed by atoms with Crippen molar-refractivity contribution in [1.29, 1.82) is 0 Å². The lowest BCUT2D eigenvalue weighted by molar-refractivity contribution is -0.385. The van der Waals surface area contributed by atoms with Crippen LogP contribution in [0.3, 0.4) is 0 Å². The van der Waals surface area contributed by atoms with Gasteiger partial charge < -0.3 is 50.0 Å². The molecule has 0 unspecified atom stereocenters. The zero-order valence-electron chi connectivity index (χ0n) is 58.1. The number of carbonyl (C=O) groups excluding carboxylic acids is 2. The first kappa shape index (κ1) is 84.9. The predicted octanol–water partition coefficient (Wildman–Crippen LogP) is 11.5. The first-order chi connectivity index (χ1) is 47.4. The summed E-state index contributed by atoms with van der Waals surface area (Å²) < 4.78 is 23.7. The number of nitrogen functional groups attached to an aromatic ring is 1. The summed E-state index contributed by atoms with van der Waals surface area (Å²) in [4.78, 5) is 71.3. The number of methoxy groups -OCH3 is 4. The normalized spacial score (nSPS) is 10.2. The summed E-state index contributed by atoms with van der Waals surface area (Å²) in [7, 11) is 14.4. The van der Waals surface area contributed by atoms with E-state index in [9.17, 15) is 29.8 Å². The highest BCUT2D eigenvalue weighted by Crippen LogP contribution is 2.21. The fraction of sp³-hybridized carbons (Fsp3) is 0.348. The van der Waals surface area contributed by atoms with Crippen molar-refractivity contribution in [3.05, 3.63) is 222 Å². The van der Waals surface area contributed by atoms with Gasteiger partial charge in [-0.3, -0.25) is 29.8 Å². The summed E-state index contributed by atoms with van der Waals surface area (Å²) in [6.07, 6.45) is 9.43. The molecule has 0 aliphatic carbocycles. The molecule has 31 heteroatoms. The molecule has 9 rings (SSSR count). The molecule has 0 atom stereocenters. The van der Waals surface area contributed by atoms with Crippen LogP contribution in [-0.4, -0.2) is 175 Å². The number of pyridine rings is 5. The average Bonchev–Trinajstić information content (AvgIpc) is 1.36. The average molecular weight is 1460 g/mol. The summed E-state index contributed by atoms with van der Waals surface area (Å²) in [5.41, 5.74) is 19.4. The number of carbonyl (C=O) groups is 2. The number of rotatable bonds is 28. The minimum absolute atomic E-state index is 0. The number of likely N-dealkylation sites (N-methyl/N-ethyl adjacent to an activating group) is 4. The number of Topliss-reactive ketones (excluding diaryl/α,β-unsaturated/α-hetero) is 2. The molecule has 0 saturated heterocycles. The lowest BCUT2D eigenvalue weighted by Crippen LogP contribution is -2.23. The lowest BCUT2D eigenvalue weighted by atomic mass is 10.1. The number of hydrogen-bond donors (Lipinski definition) is 2. The van der Waals surface area contributed by atoms with Gasteiger partial charge in [-0.05, 0) is 123 Å². The SMILES string of the molecule is COCCN(C)c1ccc(CC(=O)CCc2cc(C)nn2-c2cccc(Cl)c2)cn1.COCCN(C)c1ccc(CC(C)=O)cn1.COCCN(C)c1ccc(N)cn1.COCCN(C)c1ccc([N+](=O)[O-])cn1.Cc1cc(CN)n(-c2cccc(Cl)c2)n1.Cl.O=[N+]([O-])c1ccc(Cl)nc1. The number of benzene rings is 2. The van der Waals surface area contributed by atoms with Crippen molar-refractivity contribution in [3.8, 4) is 11.4 Å². The summed E-state index contributed by atoms with van der Waals surface area (Å²) >= 11 is 17.4. The van der Waals surface area contributed by atoms with Gasteiger partial charge in [0.05, 0.1) is 76.6 Å². The van der Waals surface area contributed by atoms with Crippen molar-refractivity contribution in [2.75, 3.05) is 135 Å². The van der Waals surface area contributed by atoms with Gasteiger partial charge in [-0.15, -0.1) is 12.4 Å². The molecule has 2 aromatic carbocycles. The molecular weight excluding hydrogens is 1370 g/mol. The monoisotopic (exact) mass is 1460 g/mol. The third-order valence-corrected chi connectivity index (χ3v) is 14.7. The number of anilines is 5. The first-order valence-electron chi connectivity index (χ1n) is 31.0. The maximum absolute atomic E-state index is 12.5. The van der Waals surface area contributed by atoms with E-state index in [2.05, 4.69) is 35.1 Å². The van der Waals surface area contributed by atoms with Gasteiger partial charge in [-0.1, -0.05) is 59.1 Å². The Balaban J connectivity index is 0.000000325. The van der Waals surface area contributed by atoms with Crippen LogP contribution in [0.5, 0.6) is 0 Å². The highest BCUT2D eigenvalue weighted by Gasteiger charge is 2.14. The standard InChI is InChI=1S/C23H27ClN4O2.C12H18N2O2.C11H12ClN3.C9H13N3O3.C9H15N3O.C5H3ClN2O2.ClH/c1-17-13-21(28(26-17)20-6-4-5-19(24)15-20)8-9-22(29)14-18-7-10-23(25-16-18)27(2)11-12-30-3;1-10(15)8-11-4-5-12(13-9-11)14(2)6-7-16-3;1-8-5-11(7-13)15(14-8)10-4-2-3-9(12)6-10;1-11(5-6-15-2)9-4-3-8(7-10-9)12(13)14;1-12(5-6-13-2)9-4-3-8(10)7-11-9;6-5-2-1-4(3-7-5)8(9)10;/h4-7,10,13,15-16H,8-9,11-12,14H2,1-3H3;4-5,9H,6-8H2,1-3H3;2-6H,7,13H2,1H3;3-4,7H,5-6H2,1-2H3;3-4,7H,5-6,10H2,1-2H3;1-3H;1H. The highest BCUT2D eigenvalue weighted by molar-refractivity contribution is 6.31. The number of nitro groups is 2. The van der Waals surface area contributed by atoms with Gasteiger partial charge in [-0.2, -0.15) is 10.2 Å². The van der Waals surface area contributed by atoms with Crippen LogP contribution in [0.4, 0.5) is 40.3 Å². The van der Waals surface area contributed by atoms with E-state index < -0.39 is 9.85 Å². The molecule has 0 aliphatic heterocycles. The van der Waals surface area contributed by atoms with Crippen LogP contribution in [-0.2, 0) is 54.3 Å². The van der Waals surface area contributed by atoms with Crippen LogP contribution in [0.25, 0.3) is 11.4 Å². The second kappa shape index (κ2) is 46.1. The zero-order valence-corrected chi connectivity index (χ0v) is 61.2. The molecule has 0 saturated carbocycles. The fourth-order valence-electron chi connectivity index (χ4n) is 8.64. The molecule has 0 spiro atoms. The Morgan fingerprint density at radius 1 is 0.520 bits per heavy atom. The molecule has 27 nitrogen and oxygen atoms in total. The van der Waals surface area contributed by atoms with E-state index in [1.807, 2.05) is 168 Å². The smallest absolute Gasteiger partial charge is 0.287 e. The minimum Gasteiger partial charge on any atom is -0.397 e. The van der Waals surface area contributed by atoms with Crippen molar-refractivity contribution in [2.45, 2.75) is 53.0 Å². The molecule has 100 heavy (non-hydrogen) atoms. The van der Waals surface area contributed by atoms with Gasteiger partial charge >= 0.3 is 0 Å². The summed E-state index contributed by atoms with van der Waals surface area (Å²) in [5, 5.41) is 31.0. The Labute approximate surface area is 605 Å². The maximum Gasteiger partial charge on any atom is 0.287 e. The molecule has 538 valence electrons. The van der Waals surface area contributed by atoms with Crippen molar-refractivity contribution >= 4 is 99.1 Å². The van der Waals surface area contributed by atoms with Crippen molar-refractivity contribution in [3.63, 3.8) is 0 Å². The number of nitrogens with two attached hydrogens (primary N) is 2. The van der Waals surface area contributed by atoms with Crippen molar-refractivity contribution in [1.82, 2.24) is 44.5 Å². The van der Waals surface area contributed by atoms with E-state index in [1.54, 1.807) is 60.0 Å². The van der Waals surface area contributed by atoms with Gasteiger partial charge in [0.15, 0.2) is 0 Å². The van der Waals surface area contributed by atoms with Crippen LogP contribution in [0.15, 0.2) is 152 Å². The van der Waals surface area contributed by atoms with E-state index in [0.29, 0.717) is 86.8 Å². The van der Waals surface area contributed by atoms with E-state index in [0.717, 1.165) is 88.6 Å². The zero-order chi connectivity index (χ0) is 72.8. The Bertz CT molecular complexity index is 3860. The van der Waals surface area contributed by atoms with Crippen LogP contribution in [0.2, 0.25) is 15.2 Å². The van der Waals surface area contributed by atoms with Gasteiger partial charge in [-0.25, -0.2) is 34.3 Å². The van der Waals surface area contributed by atoms with Crippen molar-refractivity contribution in [2.24, 2.45) is 5.73 Å². The van der Waals surface area contributed by atoms with Gasteiger partial charge in [0, 0.05) is 149 Å². The van der Waals surface area contributed by atoms with Crippen LogP contribution >= 0.6 is 47.2 Å². The van der Waals surface area contributed by atoms with Gasteiger partial charge in [0.25, 0.3) is 11.4 Å². The summed E-state index contributed by atoms with van der Waals surface area (Å²) in [6, 6.07) is 36.3. The second-order valence-corrected chi connectivity index (χ2v) is 23.3. The molecule has 0 radical (unpaired) electrons. The third kappa shape index (κ3) is 31.3. The number of nitrogens with zero attached hydrogens (tertiary/aromatic N) is 15. The van der Waals surface area contributed by atoms with Gasteiger partial charge in [0.1, 0.15) is 52.4 Å². The summed E-state index contributed by atoms with van der Waals surface area (Å²) in [5.74, 6) is 3.69. The molecular formula is C69H89Cl4N17O10. The Morgan fingerprint density at radius 2 is 0.910 bits per heavy atom. The number of aryl methyl sites for hydroxylation is 3. The predicted molar refractivity (Wildman–Crippen MR) is 398 cm³/mol. The molecule has 0 fully saturated rings. The van der Waals surface area contributed by atoms with Crippen LogP contribution < -0.4 is 31.1 Å². The maximum atomic E-state index is 12.5. The minimum atomic E-state index is -0.524. The molecule has 0 amide bonds. The highest BCUT2D eigenvalue weighted by atomic mass is 35.5. The number of ketones is 2. The Morgan fingerprint density at radius 3 is 1.26 bits per heavy atom. The van der Waals surface area contributed by atoms with E-state index in [4.69, 9.17) is 65.2 Å². The molecule has 0 bridgehead atoms.